The molecule has 2 amide bonds. The molecule has 0 saturated carbocycles. The Hall–Kier alpha value is -2.85. The fourth-order valence-corrected chi connectivity index (χ4v) is 4.63. The molecule has 3 rings (SSSR count). The first kappa shape index (κ1) is 25.8. The maximum Gasteiger partial charge on any atom is 0.266 e. The number of benzene rings is 2. The first-order valence-corrected chi connectivity index (χ1v) is 12.4. The van der Waals surface area contributed by atoms with E-state index in [1.165, 1.54) is 36.0 Å². The second-order valence-corrected chi connectivity index (χ2v) is 8.88. The number of nitrogens with zero attached hydrogens (tertiary/aromatic N) is 2. The van der Waals surface area contributed by atoms with Gasteiger partial charge in [0.25, 0.3) is 11.8 Å². The number of hydrogen-bond acceptors (Lipinski definition) is 6. The molecule has 2 aromatic rings. The monoisotopic (exact) mass is 549 g/mol. The van der Waals surface area contributed by atoms with Crippen molar-refractivity contribution in [2.24, 2.45) is 4.99 Å². The molecule has 0 atom stereocenters. The minimum absolute atomic E-state index is 0.0950. The molecule has 1 saturated heterocycles. The number of nitrogens with one attached hydrogen (secondary N) is 1. The summed E-state index contributed by atoms with van der Waals surface area (Å²) in [6, 6.07) is 8.92. The van der Waals surface area contributed by atoms with Crippen LogP contribution in [0.15, 0.2) is 50.8 Å². The zero-order chi connectivity index (χ0) is 24.7. The van der Waals surface area contributed by atoms with E-state index >= 15 is 0 Å². The first-order valence-electron chi connectivity index (χ1n) is 10.8. The molecule has 1 aliphatic rings. The van der Waals surface area contributed by atoms with Gasteiger partial charge >= 0.3 is 0 Å². The van der Waals surface area contributed by atoms with Crippen LogP contribution in [0.25, 0.3) is 6.08 Å². The second-order valence-electron chi connectivity index (χ2n) is 7.01. The van der Waals surface area contributed by atoms with Crippen molar-refractivity contribution in [2.75, 3.05) is 31.6 Å². The van der Waals surface area contributed by atoms with E-state index in [9.17, 15) is 14.0 Å². The van der Waals surface area contributed by atoms with E-state index < -0.39 is 5.91 Å². The van der Waals surface area contributed by atoms with Crippen LogP contribution in [-0.4, -0.2) is 48.2 Å². The molecule has 1 N–H and O–H groups in total. The summed E-state index contributed by atoms with van der Waals surface area (Å²) < 4.78 is 25.1. The normalized spacial score (nSPS) is 15.8. The van der Waals surface area contributed by atoms with Crippen LogP contribution in [0.5, 0.6) is 11.5 Å². The number of carbonyl (C=O) groups excluding carboxylic acids is 2. The van der Waals surface area contributed by atoms with Gasteiger partial charge in [-0.3, -0.25) is 19.5 Å². The number of likely N-dealkylation sites (N-methyl/N-ethyl adjacent to an activating group) is 1. The average molecular weight is 550 g/mol. The summed E-state index contributed by atoms with van der Waals surface area (Å²) in [7, 11) is 0. The number of thioether (sulfide) groups is 1. The van der Waals surface area contributed by atoms with Gasteiger partial charge in [0.1, 0.15) is 5.82 Å². The van der Waals surface area contributed by atoms with Crippen LogP contribution in [0, 0.1) is 5.82 Å². The molecule has 1 heterocycles. The molecule has 1 fully saturated rings. The third-order valence-corrected chi connectivity index (χ3v) is 6.37. The molecule has 1 aliphatic heterocycles. The maximum atomic E-state index is 13.0. The predicted molar refractivity (Wildman–Crippen MR) is 137 cm³/mol. The molecule has 180 valence electrons. The number of rotatable bonds is 9. The number of amidine groups is 1. The minimum Gasteiger partial charge on any atom is -0.490 e. The summed E-state index contributed by atoms with van der Waals surface area (Å²) in [5.74, 6) is -0.0603. The van der Waals surface area contributed by atoms with Gasteiger partial charge < -0.3 is 14.8 Å². The fraction of sp³-hybridized carbons (Fsp3) is 0.292. The van der Waals surface area contributed by atoms with Crippen molar-refractivity contribution in [1.82, 2.24) is 4.90 Å². The second kappa shape index (κ2) is 12.0. The molecule has 0 aliphatic carbocycles. The van der Waals surface area contributed by atoms with Crippen molar-refractivity contribution >= 4 is 56.4 Å². The van der Waals surface area contributed by atoms with Crippen LogP contribution >= 0.6 is 27.7 Å². The Morgan fingerprint density at radius 3 is 2.53 bits per heavy atom. The van der Waals surface area contributed by atoms with Crippen molar-refractivity contribution in [2.45, 2.75) is 20.8 Å². The van der Waals surface area contributed by atoms with Crippen LogP contribution in [-0.2, 0) is 9.59 Å². The summed E-state index contributed by atoms with van der Waals surface area (Å²) in [5.41, 5.74) is 1.20. The Morgan fingerprint density at radius 1 is 1.18 bits per heavy atom. The summed E-state index contributed by atoms with van der Waals surface area (Å²) in [6.45, 7) is 6.94. The zero-order valence-corrected chi connectivity index (χ0v) is 21.5. The van der Waals surface area contributed by atoms with E-state index in [2.05, 4.69) is 26.2 Å². The van der Waals surface area contributed by atoms with Crippen molar-refractivity contribution < 1.29 is 23.5 Å². The summed E-state index contributed by atoms with van der Waals surface area (Å²) in [6.07, 6.45) is 1.78. The third kappa shape index (κ3) is 6.38. The minimum atomic E-state index is -0.397. The number of carbonyl (C=O) groups is 2. The van der Waals surface area contributed by atoms with Gasteiger partial charge in [0.05, 0.1) is 11.5 Å². The molecule has 2 aromatic carbocycles. The van der Waals surface area contributed by atoms with Crippen molar-refractivity contribution in [1.29, 1.82) is 0 Å². The van der Waals surface area contributed by atoms with Crippen molar-refractivity contribution in [3.05, 3.63) is 57.2 Å². The average Bonchev–Trinajstić information content (AvgIpc) is 3.10. The number of aliphatic imine (C=N–C) groups is 1. The first-order chi connectivity index (χ1) is 16.4. The molecular formula is C24H25BrFN3O4S. The predicted octanol–water partition coefficient (Wildman–Crippen LogP) is 5.32. The molecule has 0 spiro atoms. The van der Waals surface area contributed by atoms with Crippen molar-refractivity contribution in [3.8, 4) is 11.5 Å². The van der Waals surface area contributed by atoms with Crippen molar-refractivity contribution in [3.63, 3.8) is 0 Å². The molecule has 0 aromatic heterocycles. The molecular weight excluding hydrogens is 525 g/mol. The van der Waals surface area contributed by atoms with Gasteiger partial charge in [-0.15, -0.1) is 0 Å². The topological polar surface area (TPSA) is 80.2 Å². The summed E-state index contributed by atoms with van der Waals surface area (Å²) in [4.78, 5) is 31.6. The Morgan fingerprint density at radius 2 is 1.88 bits per heavy atom. The Bertz CT molecular complexity index is 1120. The smallest absolute Gasteiger partial charge is 0.266 e. The number of hydrogen-bond donors (Lipinski definition) is 1. The highest BCUT2D eigenvalue weighted by Crippen LogP contribution is 2.38. The van der Waals surface area contributed by atoms with E-state index in [1.54, 1.807) is 23.1 Å². The lowest BCUT2D eigenvalue weighted by molar-refractivity contribution is -0.122. The zero-order valence-electron chi connectivity index (χ0n) is 19.1. The van der Waals surface area contributed by atoms with Crippen LogP contribution in [0.4, 0.5) is 10.1 Å². The van der Waals surface area contributed by atoms with Crippen LogP contribution in [0.1, 0.15) is 26.3 Å². The lowest BCUT2D eigenvalue weighted by Gasteiger charge is -2.14. The Kier molecular flexibility index (Phi) is 9.12. The molecule has 34 heavy (non-hydrogen) atoms. The van der Waals surface area contributed by atoms with E-state index in [4.69, 9.17) is 9.47 Å². The highest BCUT2D eigenvalue weighted by molar-refractivity contribution is 9.10. The van der Waals surface area contributed by atoms with Gasteiger partial charge in [0, 0.05) is 23.2 Å². The molecule has 0 bridgehead atoms. The van der Waals surface area contributed by atoms with E-state index in [0.29, 0.717) is 51.4 Å². The highest BCUT2D eigenvalue weighted by atomic mass is 79.9. The SMILES string of the molecule is CCN=C1S/C(=C/c2cc(OCC)c(OCC(=O)Nc3ccc(F)cc3)cc2Br)C(=O)N1CC. The molecule has 0 unspecified atom stereocenters. The van der Waals surface area contributed by atoms with E-state index in [0.717, 1.165) is 5.56 Å². The van der Waals surface area contributed by atoms with Crippen LogP contribution < -0.4 is 14.8 Å². The number of ether oxygens (including phenoxy) is 2. The fourth-order valence-electron chi connectivity index (χ4n) is 3.10. The lowest BCUT2D eigenvalue weighted by Crippen LogP contribution is -2.28. The van der Waals surface area contributed by atoms with Gasteiger partial charge in [0.2, 0.25) is 0 Å². The lowest BCUT2D eigenvalue weighted by atomic mass is 10.2. The van der Waals surface area contributed by atoms with E-state index in [1.807, 2.05) is 20.8 Å². The van der Waals surface area contributed by atoms with E-state index in [-0.39, 0.29) is 18.3 Å². The number of anilines is 1. The van der Waals surface area contributed by atoms with Crippen LogP contribution in [0.3, 0.4) is 0 Å². The van der Waals surface area contributed by atoms with Gasteiger partial charge in [-0.05, 0) is 80.6 Å². The third-order valence-electron chi connectivity index (χ3n) is 4.63. The van der Waals surface area contributed by atoms with Gasteiger partial charge in [-0.1, -0.05) is 15.9 Å². The quantitative estimate of drug-likeness (QED) is 0.428. The van der Waals surface area contributed by atoms with Gasteiger partial charge in [-0.25, -0.2) is 4.39 Å². The van der Waals surface area contributed by atoms with Gasteiger partial charge in [0.15, 0.2) is 23.3 Å². The summed E-state index contributed by atoms with van der Waals surface area (Å²) >= 11 is 4.86. The van der Waals surface area contributed by atoms with Gasteiger partial charge in [-0.2, -0.15) is 0 Å². The molecule has 0 radical (unpaired) electrons. The maximum absolute atomic E-state index is 13.0. The molecule has 7 nitrogen and oxygen atoms in total. The number of amides is 2. The highest BCUT2D eigenvalue weighted by Gasteiger charge is 2.32. The Balaban J connectivity index is 1.78. The van der Waals surface area contributed by atoms with Crippen LogP contribution in [0.2, 0.25) is 0 Å². The summed E-state index contributed by atoms with van der Waals surface area (Å²) in [5, 5.41) is 3.33. The molecule has 10 heteroatoms. The Labute approximate surface area is 210 Å². The standard InChI is InChI=1S/C24H25BrFN3O4S/c1-4-27-24-29(5-2)23(31)21(34-24)12-15-11-19(32-6-3)20(13-18(15)25)33-14-22(30)28-17-9-7-16(26)8-10-17/h7-13H,4-6,14H2,1-3H3,(H,28,30)/b21-12+,27-24?. The number of halogens is 2. The largest absolute Gasteiger partial charge is 0.490 e.